The molecule has 4 aromatic rings. The molecule has 140 valence electrons. The SMILES string of the molecule is COc1ccc2cc(C(=O)N3CC(c4nc(-c5ccncc5)no4)C3)[nH]c2c1. The van der Waals surface area contributed by atoms with Crippen LogP contribution in [0.5, 0.6) is 5.75 Å². The van der Waals surface area contributed by atoms with Gasteiger partial charge in [-0.2, -0.15) is 4.98 Å². The summed E-state index contributed by atoms with van der Waals surface area (Å²) in [6.07, 6.45) is 3.37. The lowest BCUT2D eigenvalue weighted by Gasteiger charge is -2.36. The lowest BCUT2D eigenvalue weighted by atomic mass is 9.99. The normalized spacial score (nSPS) is 14.2. The number of hydrogen-bond acceptors (Lipinski definition) is 6. The fraction of sp³-hybridized carbons (Fsp3) is 0.200. The number of nitrogens with one attached hydrogen (secondary N) is 1. The second-order valence-corrected chi connectivity index (χ2v) is 6.74. The monoisotopic (exact) mass is 375 g/mol. The Hall–Kier alpha value is -3.68. The summed E-state index contributed by atoms with van der Waals surface area (Å²) in [5.74, 6) is 1.85. The molecule has 3 aromatic heterocycles. The fourth-order valence-corrected chi connectivity index (χ4v) is 3.34. The number of pyridine rings is 1. The first-order valence-electron chi connectivity index (χ1n) is 8.91. The average molecular weight is 375 g/mol. The Bertz CT molecular complexity index is 1150. The maximum atomic E-state index is 12.7. The molecule has 0 radical (unpaired) electrons. The lowest BCUT2D eigenvalue weighted by molar-refractivity contribution is 0.0564. The second-order valence-electron chi connectivity index (χ2n) is 6.74. The minimum Gasteiger partial charge on any atom is -0.497 e. The van der Waals surface area contributed by atoms with Gasteiger partial charge in [0.2, 0.25) is 11.7 Å². The highest BCUT2D eigenvalue weighted by Gasteiger charge is 2.36. The summed E-state index contributed by atoms with van der Waals surface area (Å²) < 4.78 is 10.6. The van der Waals surface area contributed by atoms with Gasteiger partial charge >= 0.3 is 0 Å². The van der Waals surface area contributed by atoms with Crippen molar-refractivity contribution in [3.63, 3.8) is 0 Å². The zero-order chi connectivity index (χ0) is 19.1. The van der Waals surface area contributed by atoms with E-state index >= 15 is 0 Å². The molecule has 8 nitrogen and oxygen atoms in total. The van der Waals surface area contributed by atoms with Gasteiger partial charge in [0, 0.05) is 48.0 Å². The highest BCUT2D eigenvalue weighted by atomic mass is 16.5. The van der Waals surface area contributed by atoms with Crippen LogP contribution in [0, 0.1) is 0 Å². The number of carbonyl (C=O) groups excluding carboxylic acids is 1. The molecule has 5 rings (SSSR count). The van der Waals surface area contributed by atoms with Crippen molar-refractivity contribution in [2.24, 2.45) is 0 Å². The van der Waals surface area contributed by atoms with Crippen molar-refractivity contribution >= 4 is 16.8 Å². The number of methoxy groups -OCH3 is 1. The number of rotatable bonds is 4. The number of fused-ring (bicyclic) bond motifs is 1. The molecule has 1 aromatic carbocycles. The Morgan fingerprint density at radius 2 is 2.04 bits per heavy atom. The van der Waals surface area contributed by atoms with Crippen LogP contribution in [0.3, 0.4) is 0 Å². The summed E-state index contributed by atoms with van der Waals surface area (Å²) in [4.78, 5) is 26.1. The van der Waals surface area contributed by atoms with Crippen LogP contribution in [0.4, 0.5) is 0 Å². The predicted octanol–water partition coefficient (Wildman–Crippen LogP) is 2.86. The van der Waals surface area contributed by atoms with E-state index in [0.29, 0.717) is 30.5 Å². The molecule has 1 aliphatic rings. The highest BCUT2D eigenvalue weighted by molar-refractivity contribution is 5.98. The standard InChI is InChI=1S/C20H17N5O3/c1-27-15-3-2-13-8-17(22-16(13)9-15)20(26)25-10-14(11-25)19-23-18(24-28-19)12-4-6-21-7-5-12/h2-9,14,22H,10-11H2,1H3. The second kappa shape index (κ2) is 6.49. The van der Waals surface area contributed by atoms with Gasteiger partial charge < -0.3 is 19.1 Å². The van der Waals surface area contributed by atoms with Gasteiger partial charge in [-0.05, 0) is 30.3 Å². The van der Waals surface area contributed by atoms with E-state index in [4.69, 9.17) is 9.26 Å². The van der Waals surface area contributed by atoms with Gasteiger partial charge in [-0.15, -0.1) is 0 Å². The molecule has 0 saturated carbocycles. The van der Waals surface area contributed by atoms with Crippen LogP contribution in [0.2, 0.25) is 0 Å². The van der Waals surface area contributed by atoms with Gasteiger partial charge in [-0.25, -0.2) is 0 Å². The number of likely N-dealkylation sites (tertiary alicyclic amines) is 1. The quantitative estimate of drug-likeness (QED) is 0.589. The van der Waals surface area contributed by atoms with E-state index in [1.54, 1.807) is 24.4 Å². The molecule has 4 heterocycles. The minimum atomic E-state index is -0.0414. The third-order valence-corrected chi connectivity index (χ3v) is 4.96. The maximum Gasteiger partial charge on any atom is 0.270 e. The molecular formula is C20H17N5O3. The van der Waals surface area contributed by atoms with Gasteiger partial charge in [0.25, 0.3) is 5.91 Å². The Balaban J connectivity index is 1.28. The van der Waals surface area contributed by atoms with E-state index in [1.165, 1.54) is 0 Å². The van der Waals surface area contributed by atoms with E-state index < -0.39 is 0 Å². The molecule has 1 N–H and O–H groups in total. The number of aromatic nitrogens is 4. The molecule has 0 atom stereocenters. The average Bonchev–Trinajstić information content (AvgIpc) is 3.34. The Morgan fingerprint density at radius 3 is 2.82 bits per heavy atom. The van der Waals surface area contributed by atoms with Crippen LogP contribution >= 0.6 is 0 Å². The van der Waals surface area contributed by atoms with E-state index in [9.17, 15) is 4.79 Å². The number of benzene rings is 1. The van der Waals surface area contributed by atoms with Crippen LogP contribution in [-0.2, 0) is 0 Å². The van der Waals surface area contributed by atoms with Crippen LogP contribution in [0.1, 0.15) is 22.3 Å². The van der Waals surface area contributed by atoms with Gasteiger partial charge in [0.1, 0.15) is 11.4 Å². The molecule has 1 aliphatic heterocycles. The molecule has 0 bridgehead atoms. The van der Waals surface area contributed by atoms with Crippen molar-refractivity contribution in [2.45, 2.75) is 5.92 Å². The van der Waals surface area contributed by atoms with Crippen molar-refractivity contribution < 1.29 is 14.1 Å². The molecule has 0 spiro atoms. The zero-order valence-electron chi connectivity index (χ0n) is 15.1. The van der Waals surface area contributed by atoms with E-state index in [0.717, 1.165) is 22.2 Å². The minimum absolute atomic E-state index is 0.0414. The third-order valence-electron chi connectivity index (χ3n) is 4.96. The van der Waals surface area contributed by atoms with Gasteiger partial charge in [0.05, 0.1) is 13.0 Å². The Morgan fingerprint density at radius 1 is 1.21 bits per heavy atom. The summed E-state index contributed by atoms with van der Waals surface area (Å²) in [6, 6.07) is 11.2. The van der Waals surface area contributed by atoms with Crippen molar-refractivity contribution in [1.82, 2.24) is 25.0 Å². The Labute approximate surface area is 160 Å². The molecule has 1 amide bonds. The number of H-pyrrole nitrogens is 1. The number of hydrogen-bond donors (Lipinski definition) is 1. The predicted molar refractivity (Wildman–Crippen MR) is 101 cm³/mol. The van der Waals surface area contributed by atoms with Gasteiger partial charge in [-0.3, -0.25) is 9.78 Å². The summed E-state index contributed by atoms with van der Waals surface area (Å²) >= 11 is 0. The van der Waals surface area contributed by atoms with Crippen LogP contribution in [-0.4, -0.2) is 51.1 Å². The van der Waals surface area contributed by atoms with Gasteiger partial charge in [-0.1, -0.05) is 5.16 Å². The summed E-state index contributed by atoms with van der Waals surface area (Å²) in [5, 5.41) is 5.00. The number of ether oxygens (including phenoxy) is 1. The molecule has 0 aliphatic carbocycles. The Kier molecular flexibility index (Phi) is 3.82. The fourth-order valence-electron chi connectivity index (χ4n) is 3.34. The van der Waals surface area contributed by atoms with E-state index in [-0.39, 0.29) is 11.8 Å². The number of nitrogens with zero attached hydrogens (tertiary/aromatic N) is 4. The third kappa shape index (κ3) is 2.79. The topological polar surface area (TPSA) is 97.1 Å². The maximum absolute atomic E-state index is 12.7. The molecule has 1 fully saturated rings. The summed E-state index contributed by atoms with van der Waals surface area (Å²) in [5.41, 5.74) is 2.29. The largest absolute Gasteiger partial charge is 0.497 e. The van der Waals surface area contributed by atoms with Crippen LogP contribution in [0.15, 0.2) is 53.3 Å². The first kappa shape index (κ1) is 16.5. The van der Waals surface area contributed by atoms with Crippen molar-refractivity contribution in [1.29, 1.82) is 0 Å². The van der Waals surface area contributed by atoms with E-state index in [1.807, 2.05) is 36.4 Å². The van der Waals surface area contributed by atoms with Gasteiger partial charge in [0.15, 0.2) is 0 Å². The summed E-state index contributed by atoms with van der Waals surface area (Å²) in [6.45, 7) is 1.10. The first-order valence-corrected chi connectivity index (χ1v) is 8.91. The van der Waals surface area contributed by atoms with Crippen molar-refractivity contribution in [3.05, 3.63) is 60.4 Å². The number of amides is 1. The van der Waals surface area contributed by atoms with Crippen molar-refractivity contribution in [3.8, 4) is 17.1 Å². The summed E-state index contributed by atoms with van der Waals surface area (Å²) in [7, 11) is 1.62. The zero-order valence-corrected chi connectivity index (χ0v) is 15.1. The number of carbonyl (C=O) groups is 1. The molecule has 1 saturated heterocycles. The van der Waals surface area contributed by atoms with E-state index in [2.05, 4.69) is 20.1 Å². The first-order chi connectivity index (χ1) is 13.7. The molecule has 0 unspecified atom stereocenters. The highest BCUT2D eigenvalue weighted by Crippen LogP contribution is 2.29. The molecular weight excluding hydrogens is 358 g/mol. The molecule has 8 heteroatoms. The molecule has 28 heavy (non-hydrogen) atoms. The lowest BCUT2D eigenvalue weighted by Crippen LogP contribution is -2.48. The smallest absolute Gasteiger partial charge is 0.270 e. The van der Waals surface area contributed by atoms with Crippen LogP contribution in [0.25, 0.3) is 22.3 Å². The number of aromatic amines is 1. The van der Waals surface area contributed by atoms with Crippen LogP contribution < -0.4 is 4.74 Å². The van der Waals surface area contributed by atoms with Crippen molar-refractivity contribution in [2.75, 3.05) is 20.2 Å².